The first-order valence-corrected chi connectivity index (χ1v) is 18.7. The molecule has 21 atom stereocenters. The molecule has 350 valence electrons. The zero-order valence-corrected chi connectivity index (χ0v) is 32.4. The second kappa shape index (κ2) is 25.0. The fraction of sp³-hybridized carbons (Fsp3) is 0.879. The summed E-state index contributed by atoms with van der Waals surface area (Å²) in [4.78, 5) is 48.2. The monoisotopic (exact) mass is 904 g/mol. The van der Waals surface area contributed by atoms with E-state index in [0.29, 0.717) is 6.42 Å². The van der Waals surface area contributed by atoms with Gasteiger partial charge in [-0.25, -0.2) is 9.59 Å². The van der Waals surface area contributed by atoms with Crippen molar-refractivity contribution >= 4 is 53.3 Å². The molecule has 0 aliphatic carbocycles. The van der Waals surface area contributed by atoms with Gasteiger partial charge in [0.1, 0.15) is 85.3 Å². The van der Waals surface area contributed by atoms with Gasteiger partial charge in [-0.05, 0) is 6.42 Å². The first kappa shape index (κ1) is 55.3. The molecule has 61 heavy (non-hydrogen) atoms. The molecule has 28 heteroatoms. The van der Waals surface area contributed by atoms with Gasteiger partial charge in [0.15, 0.2) is 37.4 Å². The van der Waals surface area contributed by atoms with Gasteiger partial charge < -0.3 is 115 Å². The van der Waals surface area contributed by atoms with Gasteiger partial charge in [-0.1, -0.05) is 13.3 Å². The number of aliphatic hydroxyl groups excluding tert-OH is 12. The summed E-state index contributed by atoms with van der Waals surface area (Å²) in [5, 5.41) is 146. The number of ether oxygens (including phenoxy) is 7. The molecule has 2 amide bonds. The van der Waals surface area contributed by atoms with E-state index >= 15 is 0 Å². The Morgan fingerprint density at radius 3 is 1.46 bits per heavy atom. The first-order chi connectivity index (χ1) is 28.1. The summed E-state index contributed by atoms with van der Waals surface area (Å²) in [6.07, 6.45) is -35.4. The minimum absolute atomic E-state index is 0. The predicted octanol–water partition coefficient (Wildman–Crippen LogP) is -9.79. The molecule has 0 bridgehead atoms. The zero-order valence-electron chi connectivity index (χ0n) is 32.4. The summed E-state index contributed by atoms with van der Waals surface area (Å²) in [6.45, 7) is 1.98. The Balaban J connectivity index is 0.00000147. The second-order valence-corrected chi connectivity index (χ2v) is 14.3. The number of hydrogen-bond acceptors (Lipinski definition) is 23. The van der Waals surface area contributed by atoms with Gasteiger partial charge >= 0.3 is 41.5 Å². The summed E-state index contributed by atoms with van der Waals surface area (Å²) in [5.41, 5.74) is 0. The van der Waals surface area contributed by atoms with E-state index in [0.717, 1.165) is 20.3 Å². The van der Waals surface area contributed by atoms with Gasteiger partial charge in [0.25, 0.3) is 0 Å². The zero-order chi connectivity index (χ0) is 45.3. The molecule has 4 saturated heterocycles. The van der Waals surface area contributed by atoms with Gasteiger partial charge in [0.05, 0.1) is 25.9 Å². The van der Waals surface area contributed by atoms with Gasteiger partial charge in [0, 0.05) is 13.8 Å². The third-order valence-electron chi connectivity index (χ3n) is 9.77. The van der Waals surface area contributed by atoms with Crippen molar-refractivity contribution in [2.45, 2.75) is 162 Å². The predicted molar refractivity (Wildman–Crippen MR) is 193 cm³/mol. The third kappa shape index (κ3) is 13.8. The van der Waals surface area contributed by atoms with Crippen molar-refractivity contribution in [1.82, 2.24) is 10.6 Å². The van der Waals surface area contributed by atoms with Crippen LogP contribution in [0.3, 0.4) is 0 Å². The van der Waals surface area contributed by atoms with Crippen molar-refractivity contribution in [3.8, 4) is 0 Å². The average Bonchev–Trinajstić information content (AvgIpc) is 3.18. The number of carbonyl (C=O) groups excluding carboxylic acids is 2. The third-order valence-corrected chi connectivity index (χ3v) is 9.77. The van der Waals surface area contributed by atoms with Crippen LogP contribution in [0.2, 0.25) is 0 Å². The van der Waals surface area contributed by atoms with E-state index in [1.165, 1.54) is 0 Å². The minimum atomic E-state index is -2.30. The Hall–Kier alpha value is -1.88. The summed E-state index contributed by atoms with van der Waals surface area (Å²) in [7, 11) is 0. The summed E-state index contributed by atoms with van der Waals surface area (Å²) < 4.78 is 38.0. The SMILES string of the molecule is CC(=O)N[C@@H]1[C@@H](O[C@@H]2O[C@H](C(=O)O)[C@@H](O[C@@H]3O[C@H](CO)[C@@H](O)[C@H](O[C@@H]4O[C@H](C(=O)O)[C@@H](O)[C@H](O)[C@H]4O)[C@H]3NC(C)=O)[C@H](O)[C@H]2O)[C@H](O)[C@@H](CO)O[C@H]1O.CCCC(O)CO.[NaH]. The van der Waals surface area contributed by atoms with E-state index in [1.807, 2.05) is 6.92 Å². The van der Waals surface area contributed by atoms with E-state index in [9.17, 15) is 80.5 Å². The van der Waals surface area contributed by atoms with Crippen LogP contribution in [0.4, 0.5) is 0 Å². The van der Waals surface area contributed by atoms with E-state index in [4.69, 9.17) is 43.4 Å². The molecule has 4 fully saturated rings. The molecule has 4 heterocycles. The Morgan fingerprint density at radius 2 is 1.02 bits per heavy atom. The number of carboxylic acids is 2. The molecule has 16 N–H and O–H groups in total. The van der Waals surface area contributed by atoms with Crippen molar-refractivity contribution in [2.24, 2.45) is 0 Å². The summed E-state index contributed by atoms with van der Waals surface area (Å²) >= 11 is 0. The first-order valence-electron chi connectivity index (χ1n) is 18.7. The van der Waals surface area contributed by atoms with Crippen LogP contribution < -0.4 is 10.6 Å². The van der Waals surface area contributed by atoms with Crippen LogP contribution in [-0.2, 0) is 52.3 Å². The van der Waals surface area contributed by atoms with Crippen molar-refractivity contribution in [3.05, 3.63) is 0 Å². The summed E-state index contributed by atoms with van der Waals surface area (Å²) in [6, 6.07) is -3.38. The maximum absolute atomic E-state index is 12.5. The molecule has 4 rings (SSSR count). The van der Waals surface area contributed by atoms with Crippen LogP contribution in [0.5, 0.6) is 0 Å². The van der Waals surface area contributed by atoms with Crippen molar-refractivity contribution in [2.75, 3.05) is 19.8 Å². The Morgan fingerprint density at radius 1 is 0.574 bits per heavy atom. The Bertz CT molecular complexity index is 1410. The standard InChI is InChI=1S/C28H44N2O23.C5H12O2.Na.H/c1-5(33)29-9-18(11(35)7(3-31)47-25(9)46)49-28-17(41)15(39)20(22(53-28)24(44)45)51-26-10(30-6(2)34)19(12(36)8(4-32)48-26)50-27-16(40)13(37)14(38)21(52-27)23(42)43;1-2-3-5(7)4-6;;/h7-22,25-28,31-32,35-41,46H,3-4H2,1-2H3,(H,29,33)(H,30,34)(H,42,43)(H,44,45);5-7H,2-4H2,1H3;;/t7-,8-,9-,10-,11-,12-,13+,14+,15-,16-,17-,18-,19-,20+,21+,22+,25-,26+,27-,28-;;;/m1.../s1. The average molecular weight is 905 g/mol. The number of carbonyl (C=O) groups is 4. The van der Waals surface area contributed by atoms with E-state index in [-0.39, 0.29) is 36.2 Å². The number of carboxylic acid groups (broad SMARTS) is 2. The Kier molecular flexibility index (Phi) is 22.6. The van der Waals surface area contributed by atoms with Crippen molar-refractivity contribution in [3.63, 3.8) is 0 Å². The normalized spacial score (nSPS) is 41.8. The molecular weight excluding hydrogens is 847 g/mol. The summed E-state index contributed by atoms with van der Waals surface area (Å²) in [5.74, 6) is -5.28. The molecule has 0 aromatic carbocycles. The van der Waals surface area contributed by atoms with Crippen LogP contribution in [-0.4, -0.2) is 273 Å². The van der Waals surface area contributed by atoms with Gasteiger partial charge in [-0.15, -0.1) is 0 Å². The number of aliphatic carboxylic acids is 2. The van der Waals surface area contributed by atoms with Crippen LogP contribution in [0.15, 0.2) is 0 Å². The molecule has 0 saturated carbocycles. The molecule has 0 radical (unpaired) electrons. The van der Waals surface area contributed by atoms with Crippen molar-refractivity contribution < 1.29 is 124 Å². The molecule has 0 aromatic rings. The topological polar surface area (TPSA) is 440 Å². The number of nitrogens with one attached hydrogen (secondary N) is 2. The number of hydrogen-bond donors (Lipinski definition) is 16. The molecule has 4 aliphatic rings. The number of aliphatic hydroxyl groups is 12. The van der Waals surface area contributed by atoms with Crippen LogP contribution in [0, 0.1) is 0 Å². The van der Waals surface area contributed by atoms with E-state index in [1.54, 1.807) is 0 Å². The van der Waals surface area contributed by atoms with E-state index < -0.39 is 166 Å². The van der Waals surface area contributed by atoms with E-state index in [2.05, 4.69) is 10.6 Å². The fourth-order valence-corrected chi connectivity index (χ4v) is 6.72. The van der Waals surface area contributed by atoms with Crippen molar-refractivity contribution in [1.29, 1.82) is 0 Å². The quantitative estimate of drug-likeness (QED) is 0.0679. The Labute approximate surface area is 368 Å². The number of rotatable bonds is 15. The molecule has 0 spiro atoms. The van der Waals surface area contributed by atoms with Gasteiger partial charge in [-0.2, -0.15) is 0 Å². The number of amides is 2. The van der Waals surface area contributed by atoms with Crippen LogP contribution >= 0.6 is 0 Å². The molecule has 0 aromatic heterocycles. The van der Waals surface area contributed by atoms with Crippen LogP contribution in [0.1, 0.15) is 33.6 Å². The van der Waals surface area contributed by atoms with Gasteiger partial charge in [-0.3, -0.25) is 9.59 Å². The molecule has 1 unspecified atom stereocenters. The maximum atomic E-state index is 12.5. The second-order valence-electron chi connectivity index (χ2n) is 14.3. The molecule has 4 aliphatic heterocycles. The fourth-order valence-electron chi connectivity index (χ4n) is 6.72. The van der Waals surface area contributed by atoms with Gasteiger partial charge in [0.2, 0.25) is 11.8 Å². The van der Waals surface area contributed by atoms with Crippen LogP contribution in [0.25, 0.3) is 0 Å². The molecular formula is C33H57N2NaO25. The molecule has 27 nitrogen and oxygen atoms in total.